The van der Waals surface area contributed by atoms with Gasteiger partial charge in [-0.1, -0.05) is 6.08 Å². The molecule has 0 aromatic heterocycles. The van der Waals surface area contributed by atoms with Crippen molar-refractivity contribution in [3.8, 4) is 0 Å². The van der Waals surface area contributed by atoms with E-state index in [2.05, 4.69) is 27.7 Å². The second-order valence-electron chi connectivity index (χ2n) is 1.63. The van der Waals surface area contributed by atoms with Gasteiger partial charge in [0, 0.05) is 13.6 Å². The molecule has 0 radical (unpaired) electrons. The lowest BCUT2D eigenvalue weighted by Gasteiger charge is -2.07. The van der Waals surface area contributed by atoms with Crippen LogP contribution in [0.4, 0.5) is 0 Å². The minimum atomic E-state index is 0.497. The third kappa shape index (κ3) is 4.95. The average Bonchev–Trinajstić information content (AvgIpc) is 2.05. The monoisotopic (exact) mass is 156 g/mol. The van der Waals surface area contributed by atoms with Gasteiger partial charge >= 0.3 is 0 Å². The van der Waals surface area contributed by atoms with Crippen molar-refractivity contribution in [2.45, 2.75) is 0 Å². The first kappa shape index (κ1) is 9.48. The van der Waals surface area contributed by atoms with Crippen LogP contribution >= 0.6 is 0 Å². The van der Waals surface area contributed by atoms with E-state index < -0.39 is 0 Å². The van der Waals surface area contributed by atoms with E-state index in [1.807, 2.05) is 0 Å². The fourth-order valence-electron chi connectivity index (χ4n) is 0.446. The summed E-state index contributed by atoms with van der Waals surface area (Å²) in [5.41, 5.74) is 4.78. The number of rotatable bonds is 4. The summed E-state index contributed by atoms with van der Waals surface area (Å²) in [6.45, 7) is 4.11. The molecule has 5 heteroatoms. The number of nitrogens with zero attached hydrogens (tertiary/aromatic N) is 1. The van der Waals surface area contributed by atoms with E-state index >= 15 is 0 Å². The summed E-state index contributed by atoms with van der Waals surface area (Å²) >= 11 is 0. The Bertz CT molecular complexity index is 141. The van der Waals surface area contributed by atoms with Crippen LogP contribution in [0.15, 0.2) is 17.6 Å². The Labute approximate surface area is 65.6 Å². The molecule has 11 heavy (non-hydrogen) atoms. The quantitative estimate of drug-likeness (QED) is 0.161. The zero-order chi connectivity index (χ0) is 8.53. The molecule has 3 N–H and O–H groups in total. The number of hydrogen-bond acceptors (Lipinski definition) is 2. The zero-order valence-electron chi connectivity index (χ0n) is 6.42. The number of hydrogen-bond donors (Lipinski definition) is 3. The van der Waals surface area contributed by atoms with Crippen molar-refractivity contribution in [1.29, 1.82) is 0 Å². The highest BCUT2D eigenvalue weighted by molar-refractivity contribution is 5.80. The first-order valence-electron chi connectivity index (χ1n) is 3.12. The average molecular weight is 156 g/mol. The Hall–Kier alpha value is -1.52. The van der Waals surface area contributed by atoms with Gasteiger partial charge in [-0.15, -0.1) is 6.58 Å². The molecule has 0 saturated heterocycles. The van der Waals surface area contributed by atoms with Gasteiger partial charge in [0.05, 0.1) is 0 Å². The summed E-state index contributed by atoms with van der Waals surface area (Å²) in [5, 5.41) is 2.85. The van der Waals surface area contributed by atoms with Crippen LogP contribution in [0.1, 0.15) is 0 Å². The van der Waals surface area contributed by atoms with E-state index in [-0.39, 0.29) is 0 Å². The molecule has 0 saturated carbocycles. The molecule has 0 aliphatic heterocycles. The second-order valence-corrected chi connectivity index (χ2v) is 1.63. The van der Waals surface area contributed by atoms with Crippen molar-refractivity contribution in [3.05, 3.63) is 12.7 Å². The highest BCUT2D eigenvalue weighted by Crippen LogP contribution is 1.63. The number of aliphatic imine (C=N–C) groups is 1. The fraction of sp³-hybridized carbons (Fsp3) is 0.333. The SMILES string of the molecule is C=CCNC(=NC)NNC=O. The predicted molar refractivity (Wildman–Crippen MR) is 43.9 cm³/mol. The first-order chi connectivity index (χ1) is 5.35. The van der Waals surface area contributed by atoms with Gasteiger partial charge in [0.1, 0.15) is 0 Å². The van der Waals surface area contributed by atoms with Crippen LogP contribution in [0, 0.1) is 0 Å². The van der Waals surface area contributed by atoms with E-state index in [9.17, 15) is 4.79 Å². The van der Waals surface area contributed by atoms with Gasteiger partial charge in [-0.2, -0.15) is 0 Å². The molecule has 0 heterocycles. The van der Waals surface area contributed by atoms with Gasteiger partial charge in [-0.25, -0.2) is 0 Å². The van der Waals surface area contributed by atoms with Gasteiger partial charge in [0.2, 0.25) is 12.4 Å². The lowest BCUT2D eigenvalue weighted by Crippen LogP contribution is -2.44. The standard InChI is InChI=1S/C6H12N4O/c1-3-4-8-6(7-2)10-9-5-11/h3,5H,1,4H2,2H3,(H,9,11)(H2,7,8,10). The maximum atomic E-state index is 9.82. The Morgan fingerprint density at radius 2 is 2.45 bits per heavy atom. The molecule has 0 fully saturated rings. The number of carbonyl (C=O) groups is 1. The maximum Gasteiger partial charge on any atom is 0.225 e. The van der Waals surface area contributed by atoms with Crippen molar-refractivity contribution in [3.63, 3.8) is 0 Å². The maximum absolute atomic E-state index is 9.82. The van der Waals surface area contributed by atoms with E-state index in [0.29, 0.717) is 18.9 Å². The van der Waals surface area contributed by atoms with Gasteiger partial charge in [-0.05, 0) is 0 Å². The minimum Gasteiger partial charge on any atom is -0.352 e. The minimum absolute atomic E-state index is 0.497. The smallest absolute Gasteiger partial charge is 0.225 e. The molecule has 0 unspecified atom stereocenters. The van der Waals surface area contributed by atoms with Crippen LogP contribution in [-0.4, -0.2) is 26.0 Å². The number of nitrogens with one attached hydrogen (secondary N) is 3. The van der Waals surface area contributed by atoms with Gasteiger partial charge in [-0.3, -0.25) is 20.6 Å². The lowest BCUT2D eigenvalue weighted by molar-refractivity contribution is -0.110. The third-order valence-electron chi connectivity index (χ3n) is 0.887. The van der Waals surface area contributed by atoms with E-state index in [1.165, 1.54) is 0 Å². The summed E-state index contributed by atoms with van der Waals surface area (Å²) in [4.78, 5) is 13.6. The Kier molecular flexibility index (Phi) is 5.69. The molecule has 0 aromatic rings. The second kappa shape index (κ2) is 6.60. The Morgan fingerprint density at radius 1 is 1.73 bits per heavy atom. The van der Waals surface area contributed by atoms with Gasteiger partial charge in [0.15, 0.2) is 0 Å². The molecule has 0 aliphatic carbocycles. The van der Waals surface area contributed by atoms with Crippen LogP contribution in [0.3, 0.4) is 0 Å². The molecule has 0 spiro atoms. The Morgan fingerprint density at radius 3 is 2.91 bits per heavy atom. The summed E-state index contributed by atoms with van der Waals surface area (Å²) in [6, 6.07) is 0. The summed E-state index contributed by atoms with van der Waals surface area (Å²) in [6.07, 6.45) is 2.22. The van der Waals surface area contributed by atoms with Crippen LogP contribution < -0.4 is 16.2 Å². The molecule has 0 aromatic carbocycles. The zero-order valence-corrected chi connectivity index (χ0v) is 6.42. The third-order valence-corrected chi connectivity index (χ3v) is 0.887. The van der Waals surface area contributed by atoms with Gasteiger partial charge in [0.25, 0.3) is 0 Å². The fourth-order valence-corrected chi connectivity index (χ4v) is 0.446. The van der Waals surface area contributed by atoms with Crippen LogP contribution in [0.2, 0.25) is 0 Å². The van der Waals surface area contributed by atoms with Crippen molar-refractivity contribution in [1.82, 2.24) is 16.2 Å². The summed E-state index contributed by atoms with van der Waals surface area (Å²) in [7, 11) is 1.60. The molecular formula is C6H12N4O. The van der Waals surface area contributed by atoms with Crippen LogP contribution in [0.5, 0.6) is 0 Å². The highest BCUT2D eigenvalue weighted by atomic mass is 16.1. The van der Waals surface area contributed by atoms with E-state index in [1.54, 1.807) is 13.1 Å². The molecule has 1 amide bonds. The van der Waals surface area contributed by atoms with Crippen LogP contribution in [-0.2, 0) is 4.79 Å². The van der Waals surface area contributed by atoms with E-state index in [4.69, 9.17) is 0 Å². The summed E-state index contributed by atoms with van der Waals surface area (Å²) < 4.78 is 0. The largest absolute Gasteiger partial charge is 0.352 e. The normalized spacial score (nSPS) is 10.1. The molecule has 62 valence electrons. The predicted octanol–water partition coefficient (Wildman–Crippen LogP) is -1.00. The molecular weight excluding hydrogens is 144 g/mol. The molecule has 0 rings (SSSR count). The molecule has 0 bridgehead atoms. The van der Waals surface area contributed by atoms with Gasteiger partial charge < -0.3 is 5.32 Å². The first-order valence-corrected chi connectivity index (χ1v) is 3.12. The molecule has 0 atom stereocenters. The number of guanidine groups is 1. The summed E-state index contributed by atoms with van der Waals surface area (Å²) in [5.74, 6) is 0.497. The highest BCUT2D eigenvalue weighted by Gasteiger charge is 1.89. The van der Waals surface area contributed by atoms with Crippen LogP contribution in [0.25, 0.3) is 0 Å². The number of carbonyl (C=O) groups excluding carboxylic acids is 1. The van der Waals surface area contributed by atoms with E-state index in [0.717, 1.165) is 0 Å². The van der Waals surface area contributed by atoms with Crippen molar-refractivity contribution >= 4 is 12.4 Å². The Balaban J connectivity index is 3.58. The number of amides is 1. The topological polar surface area (TPSA) is 65.5 Å². The lowest BCUT2D eigenvalue weighted by atomic mass is 10.6. The number of hydrazine groups is 1. The van der Waals surface area contributed by atoms with Crippen molar-refractivity contribution < 1.29 is 4.79 Å². The molecule has 0 aliphatic rings. The van der Waals surface area contributed by atoms with Crippen molar-refractivity contribution in [2.75, 3.05) is 13.6 Å². The van der Waals surface area contributed by atoms with Crippen molar-refractivity contribution in [2.24, 2.45) is 4.99 Å². The molecule has 5 nitrogen and oxygen atoms in total.